The molecule has 0 aliphatic rings. The molecule has 2 rings (SSSR count). The first-order valence-corrected chi connectivity index (χ1v) is 7.43. The SMILES string of the molecule is NC(=O)Cc1ccccc1NC(=O)c1csc(I)c1. The van der Waals surface area contributed by atoms with E-state index in [9.17, 15) is 9.59 Å². The molecule has 19 heavy (non-hydrogen) atoms. The van der Waals surface area contributed by atoms with E-state index in [0.29, 0.717) is 16.8 Å². The standard InChI is InChI=1S/C13H11IN2O2S/c14-11-5-9(7-19-11)13(18)16-10-4-2-1-3-8(10)6-12(15)17/h1-5,7H,6H2,(H2,15,17)(H,16,18). The molecule has 1 aromatic carbocycles. The number of nitrogens with one attached hydrogen (secondary N) is 1. The van der Waals surface area contributed by atoms with Crippen LogP contribution in [0.5, 0.6) is 0 Å². The first-order chi connectivity index (χ1) is 9.06. The number of carbonyl (C=O) groups is 2. The molecule has 0 saturated heterocycles. The van der Waals surface area contributed by atoms with Gasteiger partial charge in [-0.1, -0.05) is 18.2 Å². The van der Waals surface area contributed by atoms with Crippen molar-refractivity contribution < 1.29 is 9.59 Å². The van der Waals surface area contributed by atoms with Gasteiger partial charge in [0.25, 0.3) is 5.91 Å². The molecule has 0 bridgehead atoms. The van der Waals surface area contributed by atoms with Gasteiger partial charge in [0, 0.05) is 11.1 Å². The molecule has 98 valence electrons. The summed E-state index contributed by atoms with van der Waals surface area (Å²) < 4.78 is 1.05. The summed E-state index contributed by atoms with van der Waals surface area (Å²) in [6, 6.07) is 8.96. The fourth-order valence-electron chi connectivity index (χ4n) is 1.61. The second kappa shape index (κ2) is 6.16. The Morgan fingerprint density at radius 3 is 2.68 bits per heavy atom. The fourth-order valence-corrected chi connectivity index (χ4v) is 2.93. The Balaban J connectivity index is 2.19. The zero-order chi connectivity index (χ0) is 13.8. The normalized spacial score (nSPS) is 10.2. The molecule has 1 heterocycles. The number of nitrogens with two attached hydrogens (primary N) is 1. The monoisotopic (exact) mass is 386 g/mol. The average molecular weight is 386 g/mol. The van der Waals surface area contributed by atoms with Crippen molar-refractivity contribution in [1.29, 1.82) is 0 Å². The van der Waals surface area contributed by atoms with Crippen molar-refractivity contribution in [3.63, 3.8) is 0 Å². The quantitative estimate of drug-likeness (QED) is 0.794. The largest absolute Gasteiger partial charge is 0.369 e. The maximum Gasteiger partial charge on any atom is 0.256 e. The first kappa shape index (κ1) is 14.0. The maximum atomic E-state index is 12.0. The summed E-state index contributed by atoms with van der Waals surface area (Å²) in [5.74, 6) is -0.608. The third kappa shape index (κ3) is 3.77. The zero-order valence-corrected chi connectivity index (χ0v) is 12.8. The third-order valence-corrected chi connectivity index (χ3v) is 4.25. The van der Waals surface area contributed by atoms with Gasteiger partial charge < -0.3 is 11.1 Å². The van der Waals surface area contributed by atoms with E-state index in [1.165, 1.54) is 11.3 Å². The minimum absolute atomic E-state index is 0.109. The molecule has 0 aliphatic carbocycles. The van der Waals surface area contributed by atoms with Crippen LogP contribution >= 0.6 is 33.9 Å². The number of para-hydroxylation sites is 1. The second-order valence-electron chi connectivity index (χ2n) is 3.89. The molecule has 0 radical (unpaired) electrons. The number of carbonyl (C=O) groups excluding carboxylic acids is 2. The van der Waals surface area contributed by atoms with Crippen LogP contribution in [0.25, 0.3) is 0 Å². The van der Waals surface area contributed by atoms with E-state index in [2.05, 4.69) is 27.9 Å². The lowest BCUT2D eigenvalue weighted by atomic mass is 10.1. The molecular weight excluding hydrogens is 375 g/mol. The number of hydrogen-bond donors (Lipinski definition) is 2. The summed E-state index contributed by atoms with van der Waals surface area (Å²) in [6.07, 6.45) is 0.109. The van der Waals surface area contributed by atoms with Crippen LogP contribution < -0.4 is 11.1 Å². The van der Waals surface area contributed by atoms with Gasteiger partial charge in [0.2, 0.25) is 5.91 Å². The van der Waals surface area contributed by atoms with Crippen LogP contribution in [0.1, 0.15) is 15.9 Å². The number of halogens is 1. The molecule has 4 nitrogen and oxygen atoms in total. The van der Waals surface area contributed by atoms with Crippen molar-refractivity contribution in [3.05, 3.63) is 49.7 Å². The summed E-state index contributed by atoms with van der Waals surface area (Å²) in [5.41, 5.74) is 7.14. The minimum atomic E-state index is -0.424. The number of rotatable bonds is 4. The van der Waals surface area contributed by atoms with Gasteiger partial charge in [-0.3, -0.25) is 9.59 Å². The van der Waals surface area contributed by atoms with E-state index in [1.807, 2.05) is 12.1 Å². The Morgan fingerprint density at radius 1 is 1.32 bits per heavy atom. The van der Waals surface area contributed by atoms with Crippen molar-refractivity contribution >= 4 is 51.4 Å². The Labute approximate surface area is 128 Å². The van der Waals surface area contributed by atoms with Gasteiger partial charge in [-0.25, -0.2) is 0 Å². The zero-order valence-electron chi connectivity index (χ0n) is 9.85. The van der Waals surface area contributed by atoms with Crippen molar-refractivity contribution in [2.24, 2.45) is 5.73 Å². The number of primary amides is 1. The number of amides is 2. The molecule has 0 fully saturated rings. The highest BCUT2D eigenvalue weighted by atomic mass is 127. The molecule has 0 saturated carbocycles. The van der Waals surface area contributed by atoms with Crippen molar-refractivity contribution in [1.82, 2.24) is 0 Å². The lowest BCUT2D eigenvalue weighted by Gasteiger charge is -2.09. The maximum absolute atomic E-state index is 12.0. The summed E-state index contributed by atoms with van der Waals surface area (Å²) in [6.45, 7) is 0. The Hall–Kier alpha value is -1.41. The molecule has 0 spiro atoms. The van der Waals surface area contributed by atoms with Gasteiger partial charge in [0.05, 0.1) is 14.9 Å². The summed E-state index contributed by atoms with van der Waals surface area (Å²) in [5, 5.41) is 4.60. The Kier molecular flexibility index (Phi) is 4.54. The lowest BCUT2D eigenvalue weighted by Crippen LogP contribution is -2.17. The van der Waals surface area contributed by atoms with Crippen LogP contribution in [0.3, 0.4) is 0 Å². The molecule has 1 aromatic heterocycles. The van der Waals surface area contributed by atoms with E-state index >= 15 is 0 Å². The van der Waals surface area contributed by atoms with Crippen LogP contribution in [0.2, 0.25) is 0 Å². The number of thiophene rings is 1. The highest BCUT2D eigenvalue weighted by Crippen LogP contribution is 2.20. The van der Waals surface area contributed by atoms with Gasteiger partial charge in [-0.2, -0.15) is 0 Å². The highest BCUT2D eigenvalue weighted by Gasteiger charge is 2.11. The molecule has 3 N–H and O–H groups in total. The Bertz CT molecular complexity index is 625. The highest BCUT2D eigenvalue weighted by molar-refractivity contribution is 14.1. The smallest absolute Gasteiger partial charge is 0.256 e. The van der Waals surface area contributed by atoms with E-state index in [-0.39, 0.29) is 12.3 Å². The summed E-state index contributed by atoms with van der Waals surface area (Å²) in [4.78, 5) is 23.0. The molecule has 2 aromatic rings. The molecule has 2 amide bonds. The number of anilines is 1. The molecule has 0 aliphatic heterocycles. The minimum Gasteiger partial charge on any atom is -0.369 e. The van der Waals surface area contributed by atoms with E-state index in [0.717, 1.165) is 2.88 Å². The van der Waals surface area contributed by atoms with Gasteiger partial charge in [-0.05, 0) is 40.3 Å². The van der Waals surface area contributed by atoms with Crippen LogP contribution in [-0.2, 0) is 11.2 Å². The van der Waals surface area contributed by atoms with Crippen molar-refractivity contribution in [2.45, 2.75) is 6.42 Å². The number of hydrogen-bond acceptors (Lipinski definition) is 3. The molecule has 0 atom stereocenters. The van der Waals surface area contributed by atoms with Crippen LogP contribution in [-0.4, -0.2) is 11.8 Å². The third-order valence-electron chi connectivity index (χ3n) is 2.46. The van der Waals surface area contributed by atoms with Crippen LogP contribution in [0.4, 0.5) is 5.69 Å². The second-order valence-corrected chi connectivity index (χ2v) is 6.70. The molecule has 0 unspecified atom stereocenters. The van der Waals surface area contributed by atoms with E-state index < -0.39 is 5.91 Å². The fraction of sp³-hybridized carbons (Fsp3) is 0.0769. The van der Waals surface area contributed by atoms with Gasteiger partial charge in [0.15, 0.2) is 0 Å². The van der Waals surface area contributed by atoms with Gasteiger partial charge in [0.1, 0.15) is 0 Å². The van der Waals surface area contributed by atoms with Gasteiger partial charge >= 0.3 is 0 Å². The lowest BCUT2D eigenvalue weighted by molar-refractivity contribution is -0.117. The Morgan fingerprint density at radius 2 is 2.05 bits per heavy atom. The molecular formula is C13H11IN2O2S. The topological polar surface area (TPSA) is 72.2 Å². The summed E-state index contributed by atoms with van der Waals surface area (Å²) >= 11 is 3.67. The predicted molar refractivity (Wildman–Crippen MR) is 84.3 cm³/mol. The van der Waals surface area contributed by atoms with E-state index in [4.69, 9.17) is 5.73 Å². The van der Waals surface area contributed by atoms with Crippen LogP contribution in [0.15, 0.2) is 35.7 Å². The van der Waals surface area contributed by atoms with Crippen molar-refractivity contribution in [3.8, 4) is 0 Å². The van der Waals surface area contributed by atoms with E-state index in [1.54, 1.807) is 23.6 Å². The molecule has 6 heteroatoms. The number of benzene rings is 1. The average Bonchev–Trinajstić information content (AvgIpc) is 2.78. The first-order valence-electron chi connectivity index (χ1n) is 5.48. The van der Waals surface area contributed by atoms with Crippen molar-refractivity contribution in [2.75, 3.05) is 5.32 Å². The van der Waals surface area contributed by atoms with Crippen LogP contribution in [0, 0.1) is 2.88 Å². The van der Waals surface area contributed by atoms with Gasteiger partial charge in [-0.15, -0.1) is 11.3 Å². The summed E-state index contributed by atoms with van der Waals surface area (Å²) in [7, 11) is 0. The predicted octanol–water partition coefficient (Wildman–Crippen LogP) is 2.63.